The van der Waals surface area contributed by atoms with Crippen molar-refractivity contribution in [1.29, 1.82) is 0 Å². The summed E-state index contributed by atoms with van der Waals surface area (Å²) >= 11 is 3.41. The lowest BCUT2D eigenvalue weighted by Crippen LogP contribution is -2.28. The van der Waals surface area contributed by atoms with Gasteiger partial charge in [-0.2, -0.15) is 0 Å². The van der Waals surface area contributed by atoms with E-state index in [9.17, 15) is 15.0 Å². The Kier molecular flexibility index (Phi) is 3.57. The van der Waals surface area contributed by atoms with Crippen molar-refractivity contribution in [1.82, 2.24) is 4.90 Å². The van der Waals surface area contributed by atoms with E-state index in [1.54, 1.807) is 4.90 Å². The molecule has 1 aliphatic rings. The first-order chi connectivity index (χ1) is 8.11. The van der Waals surface area contributed by atoms with Crippen LogP contribution in [0, 0.1) is 5.92 Å². The predicted octanol–water partition coefficient (Wildman–Crippen LogP) is 1.95. The molecule has 0 spiro atoms. The highest BCUT2D eigenvalue weighted by Crippen LogP contribution is 2.26. The van der Waals surface area contributed by atoms with Crippen molar-refractivity contribution >= 4 is 21.8 Å². The van der Waals surface area contributed by atoms with E-state index in [4.69, 9.17) is 0 Å². The fourth-order valence-corrected chi connectivity index (χ4v) is 2.54. The van der Waals surface area contributed by atoms with Crippen molar-refractivity contribution < 1.29 is 15.0 Å². The number of likely N-dealkylation sites (tertiary alicyclic amines) is 1. The Morgan fingerprint density at radius 1 is 1.47 bits per heavy atom. The molecule has 0 bridgehead atoms. The molecule has 5 heteroatoms. The number of carbonyl (C=O) groups excluding carboxylic acids is 1. The van der Waals surface area contributed by atoms with Crippen molar-refractivity contribution in [3.63, 3.8) is 0 Å². The summed E-state index contributed by atoms with van der Waals surface area (Å²) in [5.41, 5.74) is 0.248. The molecule has 1 fully saturated rings. The summed E-state index contributed by atoms with van der Waals surface area (Å²) in [6, 6.07) is 4.05. The summed E-state index contributed by atoms with van der Waals surface area (Å²) in [5.74, 6) is 0.0975. The third kappa shape index (κ3) is 2.54. The summed E-state index contributed by atoms with van der Waals surface area (Å²) in [7, 11) is 0. The maximum absolute atomic E-state index is 12.1. The van der Waals surface area contributed by atoms with Gasteiger partial charge in [-0.25, -0.2) is 0 Å². The van der Waals surface area contributed by atoms with E-state index in [1.165, 1.54) is 18.2 Å². The predicted molar refractivity (Wildman–Crippen MR) is 67.6 cm³/mol. The molecule has 0 aromatic heterocycles. The minimum absolute atomic E-state index is 0.0428. The van der Waals surface area contributed by atoms with Crippen molar-refractivity contribution in [3.05, 3.63) is 23.8 Å². The molecule has 1 heterocycles. The summed E-state index contributed by atoms with van der Waals surface area (Å²) in [4.78, 5) is 13.8. The minimum Gasteiger partial charge on any atom is -0.508 e. The molecule has 92 valence electrons. The standard InChI is InChI=1S/C12H14BrNO3/c13-6-8-3-4-14(7-8)12(17)10-2-1-9(15)5-11(10)16/h1-2,5,8,15-16H,3-4,6-7H2. The number of carbonyl (C=O) groups is 1. The van der Waals surface area contributed by atoms with E-state index in [2.05, 4.69) is 15.9 Å². The Balaban J connectivity index is 2.15. The van der Waals surface area contributed by atoms with E-state index in [1.807, 2.05) is 0 Å². The molecule has 1 aromatic carbocycles. The molecule has 0 aliphatic carbocycles. The first-order valence-electron chi connectivity index (χ1n) is 5.49. The number of hydrogen-bond acceptors (Lipinski definition) is 3. The topological polar surface area (TPSA) is 60.8 Å². The van der Waals surface area contributed by atoms with Crippen LogP contribution in [0.15, 0.2) is 18.2 Å². The molecule has 2 N–H and O–H groups in total. The van der Waals surface area contributed by atoms with Crippen molar-refractivity contribution in [2.45, 2.75) is 6.42 Å². The van der Waals surface area contributed by atoms with Gasteiger partial charge in [-0.3, -0.25) is 4.79 Å². The van der Waals surface area contributed by atoms with Crippen LogP contribution in [0.1, 0.15) is 16.8 Å². The second-order valence-corrected chi connectivity index (χ2v) is 4.91. The Morgan fingerprint density at radius 3 is 2.82 bits per heavy atom. The van der Waals surface area contributed by atoms with E-state index in [0.29, 0.717) is 12.5 Å². The van der Waals surface area contributed by atoms with Gasteiger partial charge in [0, 0.05) is 24.5 Å². The number of hydrogen-bond donors (Lipinski definition) is 2. The molecule has 2 rings (SSSR count). The second kappa shape index (κ2) is 4.96. The number of phenols is 2. The number of amides is 1. The molecule has 1 aliphatic heterocycles. The van der Waals surface area contributed by atoms with Crippen LogP contribution in [0.2, 0.25) is 0 Å². The van der Waals surface area contributed by atoms with Crippen LogP contribution in [0.5, 0.6) is 11.5 Å². The van der Waals surface area contributed by atoms with Crippen LogP contribution in [0.3, 0.4) is 0 Å². The molecule has 1 aromatic rings. The smallest absolute Gasteiger partial charge is 0.257 e. The Morgan fingerprint density at radius 2 is 2.24 bits per heavy atom. The van der Waals surface area contributed by atoms with Crippen molar-refractivity contribution in [3.8, 4) is 11.5 Å². The number of halogens is 1. The number of phenolic OH excluding ortho intramolecular Hbond substituents is 2. The summed E-state index contributed by atoms with van der Waals surface area (Å²) in [5, 5.41) is 19.7. The lowest BCUT2D eigenvalue weighted by molar-refractivity contribution is 0.0785. The molecule has 4 nitrogen and oxygen atoms in total. The number of aromatic hydroxyl groups is 2. The van der Waals surface area contributed by atoms with E-state index in [0.717, 1.165) is 18.3 Å². The van der Waals surface area contributed by atoms with Crippen LogP contribution >= 0.6 is 15.9 Å². The first-order valence-corrected chi connectivity index (χ1v) is 6.61. The van der Waals surface area contributed by atoms with Gasteiger partial charge in [0.25, 0.3) is 5.91 Å². The number of alkyl halides is 1. The lowest BCUT2D eigenvalue weighted by atomic mass is 10.1. The normalized spacial score (nSPS) is 19.6. The van der Waals surface area contributed by atoms with Crippen LogP contribution in [0.4, 0.5) is 0 Å². The monoisotopic (exact) mass is 299 g/mol. The molecule has 1 saturated heterocycles. The van der Waals surface area contributed by atoms with Gasteiger partial charge in [-0.05, 0) is 24.5 Å². The van der Waals surface area contributed by atoms with Crippen LogP contribution in [0.25, 0.3) is 0 Å². The largest absolute Gasteiger partial charge is 0.508 e. The minimum atomic E-state index is -0.175. The molecule has 1 unspecified atom stereocenters. The van der Waals surface area contributed by atoms with Gasteiger partial charge in [0.15, 0.2) is 0 Å². The van der Waals surface area contributed by atoms with Gasteiger partial charge in [0.05, 0.1) is 5.56 Å². The SMILES string of the molecule is O=C(c1ccc(O)cc1O)N1CCC(CBr)C1. The maximum atomic E-state index is 12.1. The highest BCUT2D eigenvalue weighted by Gasteiger charge is 2.27. The highest BCUT2D eigenvalue weighted by atomic mass is 79.9. The Labute approximate surface area is 108 Å². The zero-order chi connectivity index (χ0) is 12.4. The van der Waals surface area contributed by atoms with Crippen molar-refractivity contribution in [2.24, 2.45) is 5.92 Å². The third-order valence-corrected chi connectivity index (χ3v) is 3.92. The number of nitrogens with zero attached hydrogens (tertiary/aromatic N) is 1. The summed E-state index contributed by atoms with van der Waals surface area (Å²) in [6.07, 6.45) is 0.982. The van der Waals surface area contributed by atoms with E-state index in [-0.39, 0.29) is 23.0 Å². The molecule has 1 amide bonds. The van der Waals surface area contributed by atoms with E-state index >= 15 is 0 Å². The maximum Gasteiger partial charge on any atom is 0.257 e. The molecule has 0 radical (unpaired) electrons. The van der Waals surface area contributed by atoms with Crippen LogP contribution in [-0.4, -0.2) is 39.4 Å². The Bertz CT molecular complexity index is 436. The zero-order valence-electron chi connectivity index (χ0n) is 9.27. The van der Waals surface area contributed by atoms with Gasteiger partial charge in [-0.15, -0.1) is 0 Å². The molecule has 17 heavy (non-hydrogen) atoms. The quantitative estimate of drug-likeness (QED) is 0.821. The Hall–Kier alpha value is -1.23. The molecular formula is C12H14BrNO3. The van der Waals surface area contributed by atoms with Crippen LogP contribution < -0.4 is 0 Å². The van der Waals surface area contributed by atoms with Crippen LogP contribution in [-0.2, 0) is 0 Å². The molecule has 1 atom stereocenters. The summed E-state index contributed by atoms with van der Waals surface area (Å²) in [6.45, 7) is 1.43. The van der Waals surface area contributed by atoms with E-state index < -0.39 is 0 Å². The molecule has 0 saturated carbocycles. The summed E-state index contributed by atoms with van der Waals surface area (Å²) < 4.78 is 0. The second-order valence-electron chi connectivity index (χ2n) is 4.26. The van der Waals surface area contributed by atoms with Gasteiger partial charge < -0.3 is 15.1 Å². The zero-order valence-corrected chi connectivity index (χ0v) is 10.9. The average Bonchev–Trinajstić information content (AvgIpc) is 2.76. The lowest BCUT2D eigenvalue weighted by Gasteiger charge is -2.16. The van der Waals surface area contributed by atoms with Crippen molar-refractivity contribution in [2.75, 3.05) is 18.4 Å². The molecular weight excluding hydrogens is 286 g/mol. The van der Waals surface area contributed by atoms with Gasteiger partial charge in [-0.1, -0.05) is 15.9 Å². The van der Waals surface area contributed by atoms with Gasteiger partial charge >= 0.3 is 0 Å². The fourth-order valence-electron chi connectivity index (χ4n) is 2.01. The average molecular weight is 300 g/mol. The third-order valence-electron chi connectivity index (χ3n) is 3.00. The van der Waals surface area contributed by atoms with Gasteiger partial charge in [0.1, 0.15) is 11.5 Å². The number of rotatable bonds is 2. The first kappa shape index (κ1) is 12.2. The van der Waals surface area contributed by atoms with Gasteiger partial charge in [0.2, 0.25) is 0 Å². The number of benzene rings is 1. The highest BCUT2D eigenvalue weighted by molar-refractivity contribution is 9.09. The fraction of sp³-hybridized carbons (Fsp3) is 0.417.